The van der Waals surface area contributed by atoms with E-state index in [2.05, 4.69) is 27.5 Å². The lowest BCUT2D eigenvalue weighted by atomic mass is 9.92. The van der Waals surface area contributed by atoms with Gasteiger partial charge in [0.15, 0.2) is 5.65 Å². The van der Waals surface area contributed by atoms with Crippen LogP contribution in [0.1, 0.15) is 19.8 Å². The van der Waals surface area contributed by atoms with Crippen LogP contribution in [0.5, 0.6) is 0 Å². The number of anilines is 1. The number of nitriles is 1. The zero-order valence-electron chi connectivity index (χ0n) is 21.6. The zero-order chi connectivity index (χ0) is 27.5. The molecule has 0 aliphatic carbocycles. The Morgan fingerprint density at radius 2 is 1.89 bits per heavy atom. The van der Waals surface area contributed by atoms with Gasteiger partial charge in [-0.2, -0.15) is 5.26 Å². The van der Waals surface area contributed by atoms with Crippen molar-refractivity contribution in [3.63, 3.8) is 0 Å². The molecule has 1 fully saturated rings. The summed E-state index contributed by atoms with van der Waals surface area (Å²) in [6.45, 7) is 4.91. The van der Waals surface area contributed by atoms with Gasteiger partial charge in [0.2, 0.25) is 5.91 Å². The average Bonchev–Trinajstić information content (AvgIpc) is 3.34. The van der Waals surface area contributed by atoms with Crippen molar-refractivity contribution in [1.82, 2.24) is 30.1 Å². The summed E-state index contributed by atoms with van der Waals surface area (Å²) < 4.78 is 12.1. The number of amides is 3. The highest BCUT2D eigenvalue weighted by Gasteiger charge is 2.32. The van der Waals surface area contributed by atoms with Gasteiger partial charge in [0.1, 0.15) is 18.6 Å². The molecule has 0 saturated carbocycles. The second-order valence-corrected chi connectivity index (χ2v) is 8.93. The fraction of sp³-hybridized carbons (Fsp3) is 0.583. The minimum Gasteiger partial charge on any atom is -0.465 e. The van der Waals surface area contributed by atoms with Crippen LogP contribution in [-0.4, -0.2) is 108 Å². The van der Waals surface area contributed by atoms with E-state index in [4.69, 9.17) is 19.8 Å². The van der Waals surface area contributed by atoms with Crippen molar-refractivity contribution in [2.24, 2.45) is 5.92 Å². The molecule has 206 valence electrons. The number of likely N-dealkylation sites (tertiary alicyclic amines) is 1. The smallest absolute Gasteiger partial charge is 0.404 e. The second kappa shape index (κ2) is 14.1. The molecule has 0 bridgehead atoms. The Hall–Kier alpha value is -3.96. The zero-order valence-corrected chi connectivity index (χ0v) is 21.6. The first-order valence-electron chi connectivity index (χ1n) is 12.4. The van der Waals surface area contributed by atoms with Gasteiger partial charge in [0, 0.05) is 39.4 Å². The summed E-state index contributed by atoms with van der Waals surface area (Å²) in [5.74, 6) is 0.793. The summed E-state index contributed by atoms with van der Waals surface area (Å²) in [5, 5.41) is 23.1. The summed E-state index contributed by atoms with van der Waals surface area (Å²) in [6.07, 6.45) is 2.64. The molecule has 38 heavy (non-hydrogen) atoms. The van der Waals surface area contributed by atoms with Crippen LogP contribution >= 0.6 is 0 Å². The van der Waals surface area contributed by atoms with Crippen LogP contribution in [0.2, 0.25) is 0 Å². The lowest BCUT2D eigenvalue weighted by molar-refractivity contribution is -0.131. The van der Waals surface area contributed by atoms with Crippen LogP contribution in [-0.2, 0) is 14.3 Å². The molecule has 3 amide bonds. The monoisotopic (exact) mass is 530 g/mol. The maximum absolute atomic E-state index is 12.8. The molecule has 3 N–H and O–H groups in total. The van der Waals surface area contributed by atoms with E-state index in [0.717, 1.165) is 6.42 Å². The largest absolute Gasteiger partial charge is 0.465 e. The highest BCUT2D eigenvalue weighted by atomic mass is 16.5. The maximum atomic E-state index is 12.8. The Bertz CT molecular complexity index is 1150. The Morgan fingerprint density at radius 1 is 1.18 bits per heavy atom. The number of rotatable bonds is 12. The first-order chi connectivity index (χ1) is 18.3. The molecular weight excluding hydrogens is 496 g/mol. The number of aromatic nitrogens is 3. The molecular formula is C24H34N8O6. The molecule has 14 nitrogen and oxygen atoms in total. The van der Waals surface area contributed by atoms with Crippen LogP contribution in [0.25, 0.3) is 11.0 Å². The van der Waals surface area contributed by atoms with Crippen molar-refractivity contribution in [3.05, 3.63) is 18.6 Å². The number of hydrogen-bond donors (Lipinski definition) is 3. The van der Waals surface area contributed by atoms with E-state index in [1.807, 2.05) is 18.0 Å². The van der Waals surface area contributed by atoms with Crippen molar-refractivity contribution < 1.29 is 29.0 Å². The molecule has 14 heteroatoms. The molecule has 0 spiro atoms. The number of carbonyl (C=O) groups is 3. The number of piperidine rings is 1. The topological polar surface area (TPSA) is 175 Å². The number of carboxylic acid groups (broad SMARTS) is 1. The predicted molar refractivity (Wildman–Crippen MR) is 137 cm³/mol. The molecule has 2 aromatic heterocycles. The summed E-state index contributed by atoms with van der Waals surface area (Å²) in [4.78, 5) is 47.9. The van der Waals surface area contributed by atoms with Crippen LogP contribution in [0.3, 0.4) is 0 Å². The van der Waals surface area contributed by atoms with Gasteiger partial charge in [-0.15, -0.1) is 0 Å². The number of hydrogen-bond acceptors (Lipinski definition) is 9. The summed E-state index contributed by atoms with van der Waals surface area (Å²) >= 11 is 0. The van der Waals surface area contributed by atoms with E-state index in [-0.39, 0.29) is 50.7 Å². The van der Waals surface area contributed by atoms with Crippen molar-refractivity contribution in [2.45, 2.75) is 25.8 Å². The third kappa shape index (κ3) is 7.53. The number of nitrogens with one attached hydrogen (secondary N) is 2. The van der Waals surface area contributed by atoms with Gasteiger partial charge < -0.3 is 35.0 Å². The van der Waals surface area contributed by atoms with Crippen LogP contribution in [0.4, 0.5) is 15.4 Å². The first kappa shape index (κ1) is 28.6. The molecule has 2 atom stereocenters. The van der Waals surface area contributed by atoms with E-state index in [1.165, 1.54) is 10.9 Å². The Morgan fingerprint density at radius 3 is 2.58 bits per heavy atom. The van der Waals surface area contributed by atoms with E-state index in [0.29, 0.717) is 49.1 Å². The van der Waals surface area contributed by atoms with E-state index in [9.17, 15) is 14.4 Å². The average molecular weight is 531 g/mol. The quantitative estimate of drug-likeness (QED) is 0.334. The lowest BCUT2D eigenvalue weighted by Gasteiger charge is -2.42. The van der Waals surface area contributed by atoms with Gasteiger partial charge in [-0.1, -0.05) is 6.92 Å². The third-order valence-electron chi connectivity index (χ3n) is 6.43. The molecule has 0 radical (unpaired) electrons. The van der Waals surface area contributed by atoms with Gasteiger partial charge in [0.25, 0.3) is 0 Å². The first-order valence-corrected chi connectivity index (χ1v) is 12.4. The van der Waals surface area contributed by atoms with Gasteiger partial charge in [-0.05, 0) is 18.4 Å². The number of likely N-dealkylation sites (N-methyl/N-ethyl adjacent to an activating group) is 1. The van der Waals surface area contributed by atoms with Gasteiger partial charge in [-0.3, -0.25) is 9.36 Å². The molecule has 1 aliphatic rings. The molecule has 3 rings (SSSR count). The minimum absolute atomic E-state index is 0.00349. The van der Waals surface area contributed by atoms with Gasteiger partial charge in [-0.25, -0.2) is 19.6 Å². The Labute approximate surface area is 220 Å². The fourth-order valence-electron chi connectivity index (χ4n) is 4.37. The molecule has 1 saturated heterocycles. The molecule has 1 aliphatic heterocycles. The SMILES string of the molecule is C[C@@H]1CCN(C(=O)CC#N)C[C@@H]1N(C)c1ncnc2c1ccn2C(=O)NCCOCCOCCNC(=O)O. The molecule has 2 aromatic rings. The number of fused-ring (bicyclic) bond motifs is 1. The summed E-state index contributed by atoms with van der Waals surface area (Å²) in [6, 6.07) is 3.36. The van der Waals surface area contributed by atoms with Crippen molar-refractivity contribution >= 4 is 34.9 Å². The van der Waals surface area contributed by atoms with Crippen LogP contribution in [0.15, 0.2) is 18.6 Å². The molecule has 3 heterocycles. The van der Waals surface area contributed by atoms with Gasteiger partial charge >= 0.3 is 12.1 Å². The van der Waals surface area contributed by atoms with E-state index < -0.39 is 6.09 Å². The normalized spacial score (nSPS) is 17.1. The highest BCUT2D eigenvalue weighted by molar-refractivity contribution is 5.94. The second-order valence-electron chi connectivity index (χ2n) is 8.93. The van der Waals surface area contributed by atoms with Crippen molar-refractivity contribution in [2.75, 3.05) is 64.6 Å². The van der Waals surface area contributed by atoms with Gasteiger partial charge in [0.05, 0.1) is 43.9 Å². The fourth-order valence-corrected chi connectivity index (χ4v) is 4.37. The van der Waals surface area contributed by atoms with E-state index >= 15 is 0 Å². The number of carbonyl (C=O) groups excluding carboxylic acids is 2. The number of ether oxygens (including phenoxy) is 2. The van der Waals surface area contributed by atoms with Crippen molar-refractivity contribution in [3.8, 4) is 6.07 Å². The molecule has 0 unspecified atom stereocenters. The van der Waals surface area contributed by atoms with Crippen molar-refractivity contribution in [1.29, 1.82) is 5.26 Å². The Balaban J connectivity index is 1.53. The lowest BCUT2D eigenvalue weighted by Crippen LogP contribution is -2.52. The van der Waals surface area contributed by atoms with Crippen LogP contribution in [0, 0.1) is 17.2 Å². The third-order valence-corrected chi connectivity index (χ3v) is 6.43. The standard InChI is InChI=1S/C24H34N8O6/c1-17-4-9-31(20(33)3-6-25)15-19(17)30(2)21-18-5-10-32(22(18)29-16-28-21)23(34)26-7-11-37-13-14-38-12-8-27-24(35)36/h5,10,16-17,19,27H,3-4,7-9,11-15H2,1-2H3,(H,26,34)(H,35,36)/t17-,19+/m1/s1. The predicted octanol–water partition coefficient (Wildman–Crippen LogP) is 0.877. The summed E-state index contributed by atoms with van der Waals surface area (Å²) in [7, 11) is 1.92. The van der Waals surface area contributed by atoms with E-state index in [1.54, 1.807) is 17.2 Å². The summed E-state index contributed by atoms with van der Waals surface area (Å²) in [5.41, 5.74) is 0.463. The maximum Gasteiger partial charge on any atom is 0.404 e. The molecule has 0 aromatic carbocycles. The minimum atomic E-state index is -1.10. The Kier molecular flexibility index (Phi) is 10.6. The number of nitrogens with zero attached hydrogens (tertiary/aromatic N) is 6. The highest BCUT2D eigenvalue weighted by Crippen LogP contribution is 2.29. The van der Waals surface area contributed by atoms with Crippen LogP contribution < -0.4 is 15.5 Å².